The second-order valence-electron chi connectivity index (χ2n) is 3.29. The summed E-state index contributed by atoms with van der Waals surface area (Å²) in [7, 11) is 0. The Kier molecular flexibility index (Phi) is 4.38. The van der Waals surface area contributed by atoms with Gasteiger partial charge in [-0.2, -0.15) is 5.26 Å². The topological polar surface area (TPSA) is 89.0 Å². The molecular weight excluding hydrogens is 293 g/mol. The summed E-state index contributed by atoms with van der Waals surface area (Å²) in [5, 5.41) is 18.9. The first-order chi connectivity index (χ1) is 9.15. The first-order valence-corrected chi connectivity index (χ1v) is 4.74. The van der Waals surface area contributed by atoms with Gasteiger partial charge in [-0.3, -0.25) is 0 Å². The predicted molar refractivity (Wildman–Crippen MR) is 51.8 cm³/mol. The Bertz CT molecular complexity index is 567. The van der Waals surface area contributed by atoms with Crippen LogP contribution in [0.3, 0.4) is 0 Å². The third-order valence-corrected chi connectivity index (χ3v) is 1.94. The second-order valence-corrected chi connectivity index (χ2v) is 3.29. The molecule has 11 heteroatoms. The number of pyridine rings is 1. The zero-order chi connectivity index (χ0) is 15.5. The highest BCUT2D eigenvalue weighted by Crippen LogP contribution is 2.37. The van der Waals surface area contributed by atoms with Crippen LogP contribution in [-0.4, -0.2) is 16.3 Å². The molecule has 0 amide bonds. The van der Waals surface area contributed by atoms with Gasteiger partial charge in [0.25, 0.3) is 6.43 Å². The van der Waals surface area contributed by atoms with Gasteiger partial charge in [0, 0.05) is 6.07 Å². The summed E-state index contributed by atoms with van der Waals surface area (Å²) >= 11 is 0. The first-order valence-electron chi connectivity index (χ1n) is 4.74. The zero-order valence-corrected chi connectivity index (χ0v) is 9.32. The van der Waals surface area contributed by atoms with E-state index < -0.39 is 47.0 Å². The molecule has 0 aromatic carbocycles. The van der Waals surface area contributed by atoms with E-state index in [-0.39, 0.29) is 6.07 Å². The number of alkyl halides is 5. The number of nitrogens with zero attached hydrogens (tertiary/aromatic N) is 3. The largest absolute Gasteiger partial charge is 0.573 e. The number of hydrogen-bond donors (Lipinski definition) is 0. The van der Waals surface area contributed by atoms with E-state index in [0.29, 0.717) is 0 Å². The maximum atomic E-state index is 12.7. The average Bonchev–Trinajstić information content (AvgIpc) is 2.28. The third kappa shape index (κ3) is 3.74. The molecule has 1 heterocycles. The molecule has 0 N–H and O–H groups in total. The van der Waals surface area contributed by atoms with E-state index in [1.807, 2.05) is 0 Å². The minimum atomic E-state index is -5.30. The summed E-state index contributed by atoms with van der Waals surface area (Å²) in [6.45, 7) is 0. The van der Waals surface area contributed by atoms with Gasteiger partial charge in [0.2, 0.25) is 5.69 Å². The molecule has 0 aliphatic rings. The lowest BCUT2D eigenvalue weighted by molar-refractivity contribution is -0.389. The van der Waals surface area contributed by atoms with Crippen LogP contribution in [0.4, 0.5) is 27.8 Å². The van der Waals surface area contributed by atoms with Crippen molar-refractivity contribution in [3.8, 4) is 11.8 Å². The van der Waals surface area contributed by atoms with Crippen LogP contribution in [0.1, 0.15) is 17.7 Å². The zero-order valence-electron chi connectivity index (χ0n) is 9.32. The lowest BCUT2D eigenvalue weighted by atomic mass is 10.1. The lowest BCUT2D eigenvalue weighted by Gasteiger charge is -2.13. The molecule has 0 bridgehead atoms. The Morgan fingerprint density at radius 3 is 2.50 bits per heavy atom. The molecule has 20 heavy (non-hydrogen) atoms. The van der Waals surface area contributed by atoms with E-state index in [2.05, 4.69) is 9.72 Å². The molecule has 0 aliphatic heterocycles. The van der Waals surface area contributed by atoms with Crippen LogP contribution in [0.25, 0.3) is 0 Å². The van der Waals surface area contributed by atoms with Crippen molar-refractivity contribution < 1.29 is 31.6 Å². The van der Waals surface area contributed by atoms with Crippen molar-refractivity contribution in [2.24, 2.45) is 0 Å². The van der Waals surface area contributed by atoms with Gasteiger partial charge in [-0.25, -0.2) is 8.78 Å². The maximum Gasteiger partial charge on any atom is 0.573 e. The van der Waals surface area contributed by atoms with Crippen LogP contribution in [0.15, 0.2) is 6.07 Å². The normalized spacial score (nSPS) is 11.2. The summed E-state index contributed by atoms with van der Waals surface area (Å²) in [5.74, 6) is -2.49. The Balaban J connectivity index is 3.51. The Hall–Kier alpha value is -2.51. The molecule has 0 radical (unpaired) electrons. The molecule has 0 aliphatic carbocycles. The van der Waals surface area contributed by atoms with Crippen molar-refractivity contribution in [3.05, 3.63) is 27.4 Å². The Morgan fingerprint density at radius 1 is 1.50 bits per heavy atom. The number of ether oxygens (including phenoxy) is 1. The Labute approximate surface area is 107 Å². The van der Waals surface area contributed by atoms with Gasteiger partial charge in [-0.05, 0) is 9.91 Å². The molecule has 1 aromatic rings. The minimum Gasteiger partial charge on any atom is -0.401 e. The predicted octanol–water partition coefficient (Wildman–Crippen LogP) is 2.89. The molecule has 1 rings (SSSR count). The summed E-state index contributed by atoms with van der Waals surface area (Å²) in [6, 6.07) is 1.54. The molecule has 1 aromatic heterocycles. The van der Waals surface area contributed by atoms with Gasteiger partial charge in [0.1, 0.15) is 6.42 Å². The number of hydrogen-bond acceptors (Lipinski definition) is 5. The summed E-state index contributed by atoms with van der Waals surface area (Å²) < 4.78 is 65.2. The highest BCUT2D eigenvalue weighted by molar-refractivity contribution is 5.45. The highest BCUT2D eigenvalue weighted by Gasteiger charge is 2.37. The lowest BCUT2D eigenvalue weighted by Crippen LogP contribution is -2.20. The summed E-state index contributed by atoms with van der Waals surface area (Å²) in [5.41, 5.74) is -2.23. The molecule has 0 saturated carbocycles. The van der Waals surface area contributed by atoms with Gasteiger partial charge < -0.3 is 14.9 Å². The fourth-order valence-electron chi connectivity index (χ4n) is 1.28. The molecule has 0 fully saturated rings. The van der Waals surface area contributed by atoms with Gasteiger partial charge in [0.05, 0.1) is 11.6 Å². The van der Waals surface area contributed by atoms with Crippen LogP contribution >= 0.6 is 0 Å². The standard InChI is InChI=1S/C9H4F5N3O3/c10-8(11)4-3-6(17(18)19)16-5(1-2-15)7(4)20-9(12,13)14/h3,8H,1H2. The van der Waals surface area contributed by atoms with Crippen LogP contribution in [-0.2, 0) is 6.42 Å². The minimum absolute atomic E-state index is 0.173. The van der Waals surface area contributed by atoms with Crippen LogP contribution in [0, 0.1) is 21.4 Å². The number of nitriles is 1. The molecular formula is C9H4F5N3O3. The third-order valence-electron chi connectivity index (χ3n) is 1.94. The fraction of sp³-hybridized carbons (Fsp3) is 0.333. The van der Waals surface area contributed by atoms with Crippen molar-refractivity contribution in [2.75, 3.05) is 0 Å². The quantitative estimate of drug-likeness (QED) is 0.484. The number of rotatable bonds is 4. The van der Waals surface area contributed by atoms with E-state index >= 15 is 0 Å². The van der Waals surface area contributed by atoms with Gasteiger partial charge >= 0.3 is 12.2 Å². The van der Waals surface area contributed by atoms with Crippen LogP contribution < -0.4 is 4.74 Å². The number of halogens is 5. The smallest absolute Gasteiger partial charge is 0.401 e. The van der Waals surface area contributed by atoms with E-state index in [1.54, 1.807) is 0 Å². The highest BCUT2D eigenvalue weighted by atomic mass is 19.4. The molecule has 0 saturated heterocycles. The molecule has 0 atom stereocenters. The molecule has 6 nitrogen and oxygen atoms in total. The van der Waals surface area contributed by atoms with Gasteiger partial charge in [-0.15, -0.1) is 13.2 Å². The van der Waals surface area contributed by atoms with Gasteiger partial charge in [-0.1, -0.05) is 0 Å². The summed E-state index contributed by atoms with van der Waals surface area (Å²) in [4.78, 5) is 12.4. The van der Waals surface area contributed by atoms with E-state index in [9.17, 15) is 32.1 Å². The number of nitro groups is 1. The average molecular weight is 297 g/mol. The SMILES string of the molecule is N#CCc1nc([N+](=O)[O-])cc(C(F)F)c1OC(F)(F)F. The van der Waals surface area contributed by atoms with Gasteiger partial charge in [0.15, 0.2) is 5.75 Å². The van der Waals surface area contributed by atoms with E-state index in [4.69, 9.17) is 5.26 Å². The van der Waals surface area contributed by atoms with Crippen molar-refractivity contribution in [3.63, 3.8) is 0 Å². The van der Waals surface area contributed by atoms with E-state index in [1.165, 1.54) is 6.07 Å². The maximum absolute atomic E-state index is 12.7. The fourth-order valence-corrected chi connectivity index (χ4v) is 1.28. The van der Waals surface area contributed by atoms with Crippen LogP contribution in [0.5, 0.6) is 5.75 Å². The molecule has 0 spiro atoms. The Morgan fingerprint density at radius 2 is 2.10 bits per heavy atom. The second kappa shape index (κ2) is 5.64. The van der Waals surface area contributed by atoms with Crippen LogP contribution in [0.2, 0.25) is 0 Å². The summed E-state index contributed by atoms with van der Waals surface area (Å²) in [6.07, 6.45) is -9.62. The molecule has 0 unspecified atom stereocenters. The van der Waals surface area contributed by atoms with Crippen molar-refractivity contribution >= 4 is 5.82 Å². The van der Waals surface area contributed by atoms with Crippen molar-refractivity contribution in [1.29, 1.82) is 5.26 Å². The monoisotopic (exact) mass is 297 g/mol. The van der Waals surface area contributed by atoms with Crippen molar-refractivity contribution in [1.82, 2.24) is 4.98 Å². The first kappa shape index (κ1) is 15.5. The number of aromatic nitrogens is 1. The molecule has 108 valence electrons. The van der Waals surface area contributed by atoms with Crippen molar-refractivity contribution in [2.45, 2.75) is 19.2 Å². The van der Waals surface area contributed by atoms with E-state index in [0.717, 1.165) is 0 Å².